The number of rotatable bonds is 8. The van der Waals surface area contributed by atoms with Gasteiger partial charge in [-0.1, -0.05) is 56.0 Å². The molecule has 0 bridgehead atoms. The molecule has 1 amide bonds. The Hall–Kier alpha value is -1.35. The Labute approximate surface area is 135 Å². The summed E-state index contributed by atoms with van der Waals surface area (Å²) in [6.07, 6.45) is 8.07. The van der Waals surface area contributed by atoms with E-state index in [0.29, 0.717) is 12.5 Å². The van der Waals surface area contributed by atoms with E-state index in [-0.39, 0.29) is 5.91 Å². The minimum atomic E-state index is 0.215. The molecule has 122 valence electrons. The van der Waals surface area contributed by atoms with Gasteiger partial charge in [0.2, 0.25) is 5.91 Å². The smallest absolute Gasteiger partial charge is 0.220 e. The van der Waals surface area contributed by atoms with Gasteiger partial charge in [-0.15, -0.1) is 0 Å². The Kier molecular flexibility index (Phi) is 6.91. The zero-order valence-corrected chi connectivity index (χ0v) is 14.1. The highest BCUT2D eigenvalue weighted by molar-refractivity contribution is 5.75. The molecule has 0 saturated heterocycles. The molecule has 0 radical (unpaired) electrons. The fourth-order valence-corrected chi connectivity index (χ4v) is 3.28. The van der Waals surface area contributed by atoms with Gasteiger partial charge in [-0.25, -0.2) is 0 Å². The maximum Gasteiger partial charge on any atom is 0.220 e. The minimum absolute atomic E-state index is 0.215. The summed E-state index contributed by atoms with van der Waals surface area (Å²) < 4.78 is 0. The number of nitrogens with zero attached hydrogens (tertiary/aromatic N) is 1. The van der Waals surface area contributed by atoms with Crippen LogP contribution in [0.1, 0.15) is 44.1 Å². The fourth-order valence-electron chi connectivity index (χ4n) is 3.28. The van der Waals surface area contributed by atoms with Gasteiger partial charge in [0.25, 0.3) is 0 Å². The van der Waals surface area contributed by atoms with Crippen LogP contribution in [-0.2, 0) is 11.2 Å². The van der Waals surface area contributed by atoms with Gasteiger partial charge in [-0.05, 0) is 38.4 Å². The van der Waals surface area contributed by atoms with E-state index in [2.05, 4.69) is 48.6 Å². The third-order valence-electron chi connectivity index (χ3n) is 4.83. The molecule has 1 saturated carbocycles. The molecule has 22 heavy (non-hydrogen) atoms. The molecule has 0 heterocycles. The van der Waals surface area contributed by atoms with Crippen molar-refractivity contribution in [2.75, 3.05) is 20.6 Å². The third-order valence-corrected chi connectivity index (χ3v) is 4.83. The molecule has 1 aromatic rings. The van der Waals surface area contributed by atoms with Crippen LogP contribution < -0.4 is 5.32 Å². The van der Waals surface area contributed by atoms with E-state index in [1.54, 1.807) is 0 Å². The SMILES string of the molecule is CN(C)C(CNC(=O)CCC1CCCC1)Cc1ccccc1. The van der Waals surface area contributed by atoms with E-state index in [0.717, 1.165) is 25.3 Å². The van der Waals surface area contributed by atoms with E-state index in [1.165, 1.54) is 31.2 Å². The molecule has 1 N–H and O–H groups in total. The van der Waals surface area contributed by atoms with Gasteiger partial charge in [-0.3, -0.25) is 4.79 Å². The van der Waals surface area contributed by atoms with Gasteiger partial charge in [0, 0.05) is 19.0 Å². The average molecular weight is 302 g/mol. The number of carbonyl (C=O) groups excluding carboxylic acids is 1. The van der Waals surface area contributed by atoms with Crippen LogP contribution in [0.15, 0.2) is 30.3 Å². The van der Waals surface area contributed by atoms with Crippen molar-refractivity contribution in [1.29, 1.82) is 0 Å². The molecule has 2 rings (SSSR count). The Bertz CT molecular complexity index is 438. The van der Waals surface area contributed by atoms with Crippen LogP contribution in [0.25, 0.3) is 0 Å². The van der Waals surface area contributed by atoms with Crippen LogP contribution in [0, 0.1) is 5.92 Å². The van der Waals surface area contributed by atoms with Gasteiger partial charge in [0.05, 0.1) is 0 Å². The van der Waals surface area contributed by atoms with Crippen LogP contribution >= 0.6 is 0 Å². The first-order valence-electron chi connectivity index (χ1n) is 8.62. The first-order chi connectivity index (χ1) is 10.6. The Balaban J connectivity index is 1.72. The zero-order chi connectivity index (χ0) is 15.8. The lowest BCUT2D eigenvalue weighted by molar-refractivity contribution is -0.121. The summed E-state index contributed by atoms with van der Waals surface area (Å²) in [7, 11) is 4.16. The topological polar surface area (TPSA) is 32.3 Å². The van der Waals surface area contributed by atoms with Crippen molar-refractivity contribution in [3.63, 3.8) is 0 Å². The summed E-state index contributed by atoms with van der Waals surface area (Å²) >= 11 is 0. The third kappa shape index (κ3) is 5.80. The maximum absolute atomic E-state index is 12.0. The monoisotopic (exact) mass is 302 g/mol. The number of nitrogens with one attached hydrogen (secondary N) is 1. The van der Waals surface area contributed by atoms with Crippen LogP contribution in [0.4, 0.5) is 0 Å². The highest BCUT2D eigenvalue weighted by atomic mass is 16.1. The number of hydrogen-bond acceptors (Lipinski definition) is 2. The van der Waals surface area contributed by atoms with Crippen molar-refractivity contribution in [2.45, 2.75) is 51.0 Å². The summed E-state index contributed by atoms with van der Waals surface area (Å²) in [6.45, 7) is 0.728. The number of hydrogen-bond donors (Lipinski definition) is 1. The van der Waals surface area contributed by atoms with Crippen LogP contribution in [-0.4, -0.2) is 37.5 Å². The van der Waals surface area contributed by atoms with E-state index in [4.69, 9.17) is 0 Å². The lowest BCUT2D eigenvalue weighted by Gasteiger charge is -2.25. The quantitative estimate of drug-likeness (QED) is 0.799. The molecule has 1 atom stereocenters. The zero-order valence-electron chi connectivity index (χ0n) is 14.1. The predicted octanol–water partition coefficient (Wildman–Crippen LogP) is 3.25. The predicted molar refractivity (Wildman–Crippen MR) is 91.8 cm³/mol. The summed E-state index contributed by atoms with van der Waals surface area (Å²) in [5, 5.41) is 3.13. The molecule has 0 aliphatic heterocycles. The van der Waals surface area contributed by atoms with E-state index < -0.39 is 0 Å². The second kappa shape index (κ2) is 8.94. The molecule has 1 aromatic carbocycles. The van der Waals surface area contributed by atoms with Crippen LogP contribution in [0.3, 0.4) is 0 Å². The average Bonchev–Trinajstić information content (AvgIpc) is 3.03. The van der Waals surface area contributed by atoms with Gasteiger partial charge < -0.3 is 10.2 Å². The normalized spacial score (nSPS) is 16.9. The van der Waals surface area contributed by atoms with Gasteiger partial charge in [0.1, 0.15) is 0 Å². The molecular weight excluding hydrogens is 272 g/mol. The first-order valence-corrected chi connectivity index (χ1v) is 8.62. The molecule has 3 nitrogen and oxygen atoms in total. The molecule has 0 spiro atoms. The molecule has 1 aliphatic rings. The fraction of sp³-hybridized carbons (Fsp3) is 0.632. The Morgan fingerprint density at radius 3 is 2.55 bits per heavy atom. The van der Waals surface area contributed by atoms with Crippen molar-refractivity contribution in [1.82, 2.24) is 10.2 Å². The Morgan fingerprint density at radius 1 is 1.23 bits per heavy atom. The minimum Gasteiger partial charge on any atom is -0.355 e. The Morgan fingerprint density at radius 2 is 1.91 bits per heavy atom. The van der Waals surface area contributed by atoms with E-state index >= 15 is 0 Å². The molecule has 1 unspecified atom stereocenters. The molecular formula is C19H30N2O. The summed E-state index contributed by atoms with van der Waals surface area (Å²) in [4.78, 5) is 14.2. The highest BCUT2D eigenvalue weighted by Crippen LogP contribution is 2.28. The molecule has 1 fully saturated rings. The summed E-state index contributed by atoms with van der Waals surface area (Å²) in [5.74, 6) is 1.01. The van der Waals surface area contributed by atoms with E-state index in [9.17, 15) is 4.79 Å². The van der Waals surface area contributed by atoms with Crippen molar-refractivity contribution >= 4 is 5.91 Å². The second-order valence-corrected chi connectivity index (χ2v) is 6.80. The first kappa shape index (κ1) is 17.0. The summed E-state index contributed by atoms with van der Waals surface area (Å²) in [6, 6.07) is 10.8. The van der Waals surface area contributed by atoms with Gasteiger partial charge in [-0.2, -0.15) is 0 Å². The van der Waals surface area contributed by atoms with Crippen molar-refractivity contribution in [3.8, 4) is 0 Å². The maximum atomic E-state index is 12.0. The second-order valence-electron chi connectivity index (χ2n) is 6.80. The van der Waals surface area contributed by atoms with Crippen molar-refractivity contribution in [3.05, 3.63) is 35.9 Å². The lowest BCUT2D eigenvalue weighted by Crippen LogP contribution is -2.41. The van der Waals surface area contributed by atoms with Crippen molar-refractivity contribution < 1.29 is 4.79 Å². The van der Waals surface area contributed by atoms with Crippen LogP contribution in [0.5, 0.6) is 0 Å². The molecule has 1 aliphatic carbocycles. The van der Waals surface area contributed by atoms with Gasteiger partial charge >= 0.3 is 0 Å². The molecule has 0 aromatic heterocycles. The standard InChI is InChI=1S/C19H30N2O/c1-21(2)18(14-17-10-4-3-5-11-17)15-20-19(22)13-12-16-8-6-7-9-16/h3-5,10-11,16,18H,6-9,12-15H2,1-2H3,(H,20,22). The number of likely N-dealkylation sites (N-methyl/N-ethyl adjacent to an activating group) is 1. The van der Waals surface area contributed by atoms with Crippen LogP contribution in [0.2, 0.25) is 0 Å². The number of amides is 1. The largest absolute Gasteiger partial charge is 0.355 e. The summed E-state index contributed by atoms with van der Waals surface area (Å²) in [5.41, 5.74) is 1.32. The number of carbonyl (C=O) groups is 1. The lowest BCUT2D eigenvalue weighted by atomic mass is 10.0. The highest BCUT2D eigenvalue weighted by Gasteiger charge is 2.17. The van der Waals surface area contributed by atoms with Gasteiger partial charge in [0.15, 0.2) is 0 Å². The molecule has 3 heteroatoms. The van der Waals surface area contributed by atoms with Crippen molar-refractivity contribution in [2.24, 2.45) is 5.92 Å². The van der Waals surface area contributed by atoms with E-state index in [1.807, 2.05) is 6.07 Å². The number of benzene rings is 1.